The van der Waals surface area contributed by atoms with E-state index in [-0.39, 0.29) is 24.0 Å². The van der Waals surface area contributed by atoms with Crippen molar-refractivity contribution in [2.24, 2.45) is 0 Å². The van der Waals surface area contributed by atoms with E-state index in [0.717, 1.165) is 16.7 Å². The van der Waals surface area contributed by atoms with Crippen molar-refractivity contribution < 1.29 is 14.3 Å². The number of benzene rings is 1. The molecule has 18 heavy (non-hydrogen) atoms. The second-order valence-corrected chi connectivity index (χ2v) is 4.95. The van der Waals surface area contributed by atoms with Gasteiger partial charge in [0, 0.05) is 5.56 Å². The van der Waals surface area contributed by atoms with Crippen molar-refractivity contribution in [2.45, 2.75) is 32.4 Å². The predicted molar refractivity (Wildman–Crippen MR) is 65.5 cm³/mol. The second kappa shape index (κ2) is 3.83. The molecule has 94 valence electrons. The minimum Gasteiger partial charge on any atom is -0.447 e. The number of carbonyl (C=O) groups excluding carboxylic acids is 2. The second-order valence-electron chi connectivity index (χ2n) is 4.95. The Labute approximate surface area is 106 Å². The van der Waals surface area contributed by atoms with Gasteiger partial charge in [0.1, 0.15) is 6.61 Å². The maximum absolute atomic E-state index is 11.7. The minimum atomic E-state index is -0.244. The molecule has 0 spiro atoms. The molecule has 0 aliphatic carbocycles. The first kappa shape index (κ1) is 11.3. The number of ether oxygens (including phenoxy) is 1. The molecule has 1 fully saturated rings. The fourth-order valence-electron chi connectivity index (χ4n) is 3.04. The van der Waals surface area contributed by atoms with Gasteiger partial charge in [-0.1, -0.05) is 18.2 Å². The van der Waals surface area contributed by atoms with Crippen LogP contribution in [0.3, 0.4) is 0 Å². The van der Waals surface area contributed by atoms with E-state index in [9.17, 15) is 9.59 Å². The number of rotatable bonds is 1. The molecule has 0 bridgehead atoms. The van der Waals surface area contributed by atoms with E-state index in [4.69, 9.17) is 4.74 Å². The third-order valence-corrected chi connectivity index (χ3v) is 3.90. The zero-order valence-corrected chi connectivity index (χ0v) is 10.5. The van der Waals surface area contributed by atoms with Crippen LogP contribution in [0.2, 0.25) is 0 Å². The molecule has 2 atom stereocenters. The molecule has 0 aromatic heterocycles. The van der Waals surface area contributed by atoms with Crippen LogP contribution in [0.4, 0.5) is 4.79 Å². The number of ketones is 1. The standard InChI is InChI=1S/C14H15NO3/c1-8-11-4-3-5-12(9(2)16)13(11)6-10-7-18-14(17)15(8)10/h3-5,8,10H,6-7H2,1-2H3/t8-,10+/m0/s1. The van der Waals surface area contributed by atoms with Gasteiger partial charge in [-0.15, -0.1) is 0 Å². The molecule has 2 aliphatic rings. The van der Waals surface area contributed by atoms with Gasteiger partial charge in [-0.25, -0.2) is 4.79 Å². The molecule has 1 amide bonds. The topological polar surface area (TPSA) is 46.6 Å². The number of cyclic esters (lactones) is 1. The smallest absolute Gasteiger partial charge is 0.410 e. The Morgan fingerprint density at radius 3 is 2.94 bits per heavy atom. The summed E-state index contributed by atoms with van der Waals surface area (Å²) in [6.07, 6.45) is 0.465. The first-order valence-corrected chi connectivity index (χ1v) is 6.17. The van der Waals surface area contributed by atoms with Gasteiger partial charge in [0.2, 0.25) is 0 Å². The van der Waals surface area contributed by atoms with Crippen LogP contribution in [0.5, 0.6) is 0 Å². The van der Waals surface area contributed by atoms with Crippen molar-refractivity contribution in [1.82, 2.24) is 4.90 Å². The van der Waals surface area contributed by atoms with Crippen LogP contribution >= 0.6 is 0 Å². The number of nitrogens with zero attached hydrogens (tertiary/aromatic N) is 1. The van der Waals surface area contributed by atoms with E-state index in [1.54, 1.807) is 11.8 Å². The third-order valence-electron chi connectivity index (χ3n) is 3.90. The van der Waals surface area contributed by atoms with Crippen LogP contribution in [0.25, 0.3) is 0 Å². The number of hydrogen-bond acceptors (Lipinski definition) is 3. The first-order chi connectivity index (χ1) is 8.59. The summed E-state index contributed by atoms with van der Waals surface area (Å²) in [4.78, 5) is 25.1. The van der Waals surface area contributed by atoms with Crippen molar-refractivity contribution in [3.8, 4) is 0 Å². The summed E-state index contributed by atoms with van der Waals surface area (Å²) >= 11 is 0. The van der Waals surface area contributed by atoms with Crippen molar-refractivity contribution in [1.29, 1.82) is 0 Å². The Kier molecular flexibility index (Phi) is 2.40. The van der Waals surface area contributed by atoms with Crippen molar-refractivity contribution in [2.75, 3.05) is 6.61 Å². The van der Waals surface area contributed by atoms with Crippen molar-refractivity contribution >= 4 is 11.9 Å². The van der Waals surface area contributed by atoms with E-state index >= 15 is 0 Å². The van der Waals surface area contributed by atoms with Crippen LogP contribution < -0.4 is 0 Å². The summed E-state index contributed by atoms with van der Waals surface area (Å²) in [6.45, 7) is 4.00. The van der Waals surface area contributed by atoms with E-state index in [2.05, 4.69) is 0 Å². The van der Waals surface area contributed by atoms with Gasteiger partial charge in [0.15, 0.2) is 5.78 Å². The molecule has 0 N–H and O–H groups in total. The van der Waals surface area contributed by atoms with Crippen LogP contribution in [-0.2, 0) is 11.2 Å². The fraction of sp³-hybridized carbons (Fsp3) is 0.429. The highest BCUT2D eigenvalue weighted by Gasteiger charge is 2.41. The SMILES string of the molecule is CC(=O)c1cccc2c1C[C@@H]1COC(=O)N1[C@H]2C. The number of hydrogen-bond donors (Lipinski definition) is 0. The van der Waals surface area contributed by atoms with Gasteiger partial charge in [0.25, 0.3) is 0 Å². The minimum absolute atomic E-state index is 0.0203. The van der Waals surface area contributed by atoms with E-state index in [1.807, 2.05) is 25.1 Å². The molecule has 1 saturated heterocycles. The lowest BCUT2D eigenvalue weighted by atomic mass is 9.85. The number of Topliss-reactive ketones (excluding diaryl/α,β-unsaturated/α-hetero) is 1. The van der Waals surface area contributed by atoms with Gasteiger partial charge in [0.05, 0.1) is 12.1 Å². The highest BCUT2D eigenvalue weighted by atomic mass is 16.6. The summed E-state index contributed by atoms with van der Waals surface area (Å²) in [5, 5.41) is 0. The quantitative estimate of drug-likeness (QED) is 0.713. The van der Waals surface area contributed by atoms with Crippen LogP contribution in [0.1, 0.15) is 41.4 Å². The van der Waals surface area contributed by atoms with Gasteiger partial charge >= 0.3 is 6.09 Å². The molecule has 2 heterocycles. The van der Waals surface area contributed by atoms with E-state index in [1.165, 1.54) is 0 Å². The van der Waals surface area contributed by atoms with Crippen LogP contribution in [0.15, 0.2) is 18.2 Å². The molecule has 1 aromatic carbocycles. The molecule has 4 nitrogen and oxygen atoms in total. The van der Waals surface area contributed by atoms with Crippen LogP contribution in [-0.4, -0.2) is 29.4 Å². The molecule has 4 heteroatoms. The average Bonchev–Trinajstić information content (AvgIpc) is 2.70. The molecule has 1 aromatic rings. The largest absolute Gasteiger partial charge is 0.447 e. The van der Waals surface area contributed by atoms with Crippen LogP contribution in [0, 0.1) is 0 Å². The highest BCUT2D eigenvalue weighted by Crippen LogP contribution is 2.37. The summed E-state index contributed by atoms with van der Waals surface area (Å²) in [5.41, 5.74) is 2.92. The summed E-state index contributed by atoms with van der Waals surface area (Å²) in [5.74, 6) is 0.0812. The van der Waals surface area contributed by atoms with Gasteiger partial charge in [-0.3, -0.25) is 9.69 Å². The lowest BCUT2D eigenvalue weighted by molar-refractivity contribution is 0.101. The summed E-state index contributed by atoms with van der Waals surface area (Å²) in [6, 6.07) is 5.79. The predicted octanol–water partition coefficient (Wildman–Crippen LogP) is 2.33. The molecular weight excluding hydrogens is 230 g/mol. The number of amides is 1. The molecule has 2 aliphatic heterocycles. The lowest BCUT2D eigenvalue weighted by Gasteiger charge is -2.35. The van der Waals surface area contributed by atoms with E-state index in [0.29, 0.717) is 13.0 Å². The van der Waals surface area contributed by atoms with Crippen molar-refractivity contribution in [3.05, 3.63) is 34.9 Å². The lowest BCUT2D eigenvalue weighted by Crippen LogP contribution is -2.41. The zero-order valence-electron chi connectivity index (χ0n) is 10.5. The average molecular weight is 245 g/mol. The monoisotopic (exact) mass is 245 g/mol. The van der Waals surface area contributed by atoms with Gasteiger partial charge in [-0.05, 0) is 31.4 Å². The fourth-order valence-corrected chi connectivity index (χ4v) is 3.04. The molecule has 3 rings (SSSR count). The zero-order chi connectivity index (χ0) is 12.9. The Hall–Kier alpha value is -1.84. The molecule has 0 unspecified atom stereocenters. The molecular formula is C14H15NO3. The third kappa shape index (κ3) is 1.45. The van der Waals surface area contributed by atoms with E-state index < -0.39 is 0 Å². The van der Waals surface area contributed by atoms with Gasteiger partial charge in [-0.2, -0.15) is 0 Å². The van der Waals surface area contributed by atoms with Gasteiger partial charge < -0.3 is 4.74 Å². The summed E-state index contributed by atoms with van der Waals surface area (Å²) < 4.78 is 5.10. The van der Waals surface area contributed by atoms with Crippen molar-refractivity contribution in [3.63, 3.8) is 0 Å². The highest BCUT2D eigenvalue weighted by molar-refractivity contribution is 5.96. The number of carbonyl (C=O) groups is 2. The number of fused-ring (bicyclic) bond motifs is 2. The molecule has 0 saturated carbocycles. The normalized spacial score (nSPS) is 25.4. The Bertz CT molecular complexity index is 538. The first-order valence-electron chi connectivity index (χ1n) is 6.17. The Balaban J connectivity index is 2.12. The summed E-state index contributed by atoms with van der Waals surface area (Å²) in [7, 11) is 0. The Morgan fingerprint density at radius 1 is 1.44 bits per heavy atom. The maximum atomic E-state index is 11.7. The Morgan fingerprint density at radius 2 is 2.22 bits per heavy atom. The maximum Gasteiger partial charge on any atom is 0.410 e. The molecule has 0 radical (unpaired) electrons.